The van der Waals surface area contributed by atoms with Crippen LogP contribution in [0.4, 0.5) is 5.82 Å². The van der Waals surface area contributed by atoms with E-state index in [2.05, 4.69) is 30.6 Å². The zero-order chi connectivity index (χ0) is 21.5. The molecule has 7 heteroatoms. The quantitative estimate of drug-likeness (QED) is 0.513. The summed E-state index contributed by atoms with van der Waals surface area (Å²) in [6.07, 6.45) is 0. The highest BCUT2D eigenvalue weighted by atomic mass is 32.2. The van der Waals surface area contributed by atoms with Crippen molar-refractivity contribution in [3.05, 3.63) is 78.0 Å². The molecule has 0 bridgehead atoms. The molecule has 0 atom stereocenters. The fraction of sp³-hybridized carbons (Fsp3) is 0.217. The van der Waals surface area contributed by atoms with E-state index in [1.807, 2.05) is 43.3 Å². The molecule has 4 rings (SSSR count). The standard InChI is InChI=1S/C23H24N4O2S/c1-16-10-12-17(13-11-16)27-22-19(14-15-20(24-22)23(2,3)4)21(25-27)26-30(28,29)18-8-6-5-7-9-18/h5-15H,1-4H3,(H,25,26). The van der Waals surface area contributed by atoms with Gasteiger partial charge in [-0.2, -0.15) is 0 Å². The molecule has 0 saturated carbocycles. The molecule has 0 fully saturated rings. The SMILES string of the molecule is Cc1ccc(-n2nc(NS(=O)(=O)c3ccccc3)c3ccc(C(C)(C)C)nc32)cc1. The highest BCUT2D eigenvalue weighted by Crippen LogP contribution is 2.30. The van der Waals surface area contributed by atoms with Gasteiger partial charge in [0.15, 0.2) is 11.5 Å². The number of aryl methyl sites for hydroxylation is 1. The van der Waals surface area contributed by atoms with Crippen molar-refractivity contribution in [3.8, 4) is 5.69 Å². The van der Waals surface area contributed by atoms with Crippen LogP contribution in [0.3, 0.4) is 0 Å². The van der Waals surface area contributed by atoms with Gasteiger partial charge in [0.1, 0.15) is 0 Å². The molecule has 6 nitrogen and oxygen atoms in total. The predicted molar refractivity (Wildman–Crippen MR) is 120 cm³/mol. The number of aromatic nitrogens is 3. The van der Waals surface area contributed by atoms with Crippen molar-refractivity contribution in [1.82, 2.24) is 14.8 Å². The van der Waals surface area contributed by atoms with Gasteiger partial charge in [-0.15, -0.1) is 5.10 Å². The van der Waals surface area contributed by atoms with E-state index in [1.165, 1.54) is 0 Å². The molecule has 0 amide bonds. The molecular formula is C23H24N4O2S. The average molecular weight is 421 g/mol. The maximum absolute atomic E-state index is 12.9. The zero-order valence-electron chi connectivity index (χ0n) is 17.4. The third-order valence-corrected chi connectivity index (χ3v) is 6.22. The van der Waals surface area contributed by atoms with Crippen LogP contribution in [0, 0.1) is 6.92 Å². The summed E-state index contributed by atoms with van der Waals surface area (Å²) in [4.78, 5) is 5.02. The molecule has 0 saturated heterocycles. The third-order valence-electron chi connectivity index (χ3n) is 4.86. The van der Waals surface area contributed by atoms with Crippen LogP contribution in [0.15, 0.2) is 71.6 Å². The van der Waals surface area contributed by atoms with Crippen molar-refractivity contribution in [3.63, 3.8) is 0 Å². The van der Waals surface area contributed by atoms with Crippen molar-refractivity contribution in [2.45, 2.75) is 38.0 Å². The number of pyridine rings is 1. The van der Waals surface area contributed by atoms with E-state index in [0.717, 1.165) is 16.9 Å². The average Bonchev–Trinajstić information content (AvgIpc) is 3.06. The molecular weight excluding hydrogens is 396 g/mol. The van der Waals surface area contributed by atoms with E-state index >= 15 is 0 Å². The Hall–Kier alpha value is -3.19. The van der Waals surface area contributed by atoms with Crippen molar-refractivity contribution in [2.24, 2.45) is 0 Å². The lowest BCUT2D eigenvalue weighted by Crippen LogP contribution is -2.14. The summed E-state index contributed by atoms with van der Waals surface area (Å²) in [5.74, 6) is 0.252. The topological polar surface area (TPSA) is 76.9 Å². The summed E-state index contributed by atoms with van der Waals surface area (Å²) in [7, 11) is -3.77. The molecule has 1 N–H and O–H groups in total. The van der Waals surface area contributed by atoms with Crippen LogP contribution in [0.25, 0.3) is 16.7 Å². The first-order valence-electron chi connectivity index (χ1n) is 9.70. The third kappa shape index (κ3) is 3.80. The fourth-order valence-corrected chi connectivity index (χ4v) is 4.18. The van der Waals surface area contributed by atoms with Gasteiger partial charge in [0.2, 0.25) is 0 Å². The monoisotopic (exact) mass is 420 g/mol. The number of nitrogens with zero attached hydrogens (tertiary/aromatic N) is 3. The normalized spacial score (nSPS) is 12.3. The summed E-state index contributed by atoms with van der Waals surface area (Å²) >= 11 is 0. The molecule has 0 unspecified atom stereocenters. The first-order chi connectivity index (χ1) is 14.1. The van der Waals surface area contributed by atoms with Crippen LogP contribution >= 0.6 is 0 Å². The molecule has 154 valence electrons. The summed E-state index contributed by atoms with van der Waals surface area (Å²) in [6, 6.07) is 19.9. The second-order valence-electron chi connectivity index (χ2n) is 8.33. The maximum atomic E-state index is 12.9. The van der Waals surface area contributed by atoms with Gasteiger partial charge in [-0.3, -0.25) is 4.72 Å². The Morgan fingerprint density at radius 1 is 0.900 bits per heavy atom. The molecule has 2 heterocycles. The van der Waals surface area contributed by atoms with E-state index in [-0.39, 0.29) is 16.1 Å². The van der Waals surface area contributed by atoms with Gasteiger partial charge in [0, 0.05) is 11.1 Å². The van der Waals surface area contributed by atoms with E-state index < -0.39 is 10.0 Å². The lowest BCUT2D eigenvalue weighted by molar-refractivity contribution is 0.570. The van der Waals surface area contributed by atoms with Gasteiger partial charge in [0.25, 0.3) is 10.0 Å². The van der Waals surface area contributed by atoms with Gasteiger partial charge in [-0.25, -0.2) is 18.1 Å². The fourth-order valence-electron chi connectivity index (χ4n) is 3.14. The van der Waals surface area contributed by atoms with Crippen LogP contribution in [0.2, 0.25) is 0 Å². The number of hydrogen-bond acceptors (Lipinski definition) is 4. The number of hydrogen-bond donors (Lipinski definition) is 1. The maximum Gasteiger partial charge on any atom is 0.263 e. The Bertz CT molecular complexity index is 1300. The number of fused-ring (bicyclic) bond motifs is 1. The smallest absolute Gasteiger partial charge is 0.261 e. The van der Waals surface area contributed by atoms with Crippen LogP contribution in [0.5, 0.6) is 0 Å². The minimum absolute atomic E-state index is 0.153. The highest BCUT2D eigenvalue weighted by molar-refractivity contribution is 7.92. The predicted octanol–water partition coefficient (Wildman–Crippen LogP) is 4.83. The Labute approximate surface area is 176 Å². The minimum atomic E-state index is -3.77. The summed E-state index contributed by atoms with van der Waals surface area (Å²) in [5.41, 5.74) is 3.30. The summed E-state index contributed by atoms with van der Waals surface area (Å²) in [5, 5.41) is 5.23. The van der Waals surface area contributed by atoms with Gasteiger partial charge in [-0.05, 0) is 43.3 Å². The Morgan fingerprint density at radius 3 is 2.20 bits per heavy atom. The van der Waals surface area contributed by atoms with Gasteiger partial charge in [0.05, 0.1) is 16.0 Å². The van der Waals surface area contributed by atoms with Crippen molar-refractivity contribution < 1.29 is 8.42 Å². The lowest BCUT2D eigenvalue weighted by atomic mass is 9.91. The summed E-state index contributed by atoms with van der Waals surface area (Å²) < 4.78 is 30.1. The molecule has 0 aliphatic carbocycles. The molecule has 30 heavy (non-hydrogen) atoms. The lowest BCUT2D eigenvalue weighted by Gasteiger charge is -2.17. The molecule has 0 radical (unpaired) electrons. The molecule has 0 aliphatic heterocycles. The number of nitrogens with one attached hydrogen (secondary N) is 1. The van der Waals surface area contributed by atoms with Crippen LogP contribution in [0.1, 0.15) is 32.0 Å². The second-order valence-corrected chi connectivity index (χ2v) is 10.0. The Morgan fingerprint density at radius 2 is 1.57 bits per heavy atom. The van der Waals surface area contributed by atoms with E-state index in [1.54, 1.807) is 35.0 Å². The Kier molecular flexibility index (Phi) is 4.86. The molecule has 0 spiro atoms. The first-order valence-corrected chi connectivity index (χ1v) is 11.2. The molecule has 2 aromatic carbocycles. The molecule has 4 aromatic rings. The number of rotatable bonds is 4. The van der Waals surface area contributed by atoms with Crippen LogP contribution < -0.4 is 4.72 Å². The number of benzene rings is 2. The molecule has 2 aromatic heterocycles. The van der Waals surface area contributed by atoms with E-state index in [0.29, 0.717) is 11.0 Å². The number of anilines is 1. The van der Waals surface area contributed by atoms with Crippen molar-refractivity contribution in [2.75, 3.05) is 4.72 Å². The van der Waals surface area contributed by atoms with Gasteiger partial charge in [-0.1, -0.05) is 56.7 Å². The van der Waals surface area contributed by atoms with E-state index in [9.17, 15) is 8.42 Å². The number of sulfonamides is 1. The van der Waals surface area contributed by atoms with Gasteiger partial charge < -0.3 is 0 Å². The second kappa shape index (κ2) is 7.25. The van der Waals surface area contributed by atoms with Gasteiger partial charge >= 0.3 is 0 Å². The molecule has 0 aliphatic rings. The largest absolute Gasteiger partial charge is 0.263 e. The van der Waals surface area contributed by atoms with Crippen LogP contribution in [-0.2, 0) is 15.4 Å². The van der Waals surface area contributed by atoms with Crippen molar-refractivity contribution >= 4 is 26.9 Å². The highest BCUT2D eigenvalue weighted by Gasteiger charge is 2.23. The minimum Gasteiger partial charge on any atom is -0.261 e. The van der Waals surface area contributed by atoms with Crippen molar-refractivity contribution in [1.29, 1.82) is 0 Å². The zero-order valence-corrected chi connectivity index (χ0v) is 18.2. The van der Waals surface area contributed by atoms with Crippen LogP contribution in [-0.4, -0.2) is 23.2 Å². The van der Waals surface area contributed by atoms with E-state index in [4.69, 9.17) is 4.98 Å². The first kappa shape index (κ1) is 20.1. The Balaban J connectivity index is 1.89. The summed E-state index contributed by atoms with van der Waals surface area (Å²) in [6.45, 7) is 8.28.